The summed E-state index contributed by atoms with van der Waals surface area (Å²) in [5, 5.41) is 7.56. The van der Waals surface area contributed by atoms with Crippen LogP contribution >= 0.6 is 0 Å². The Bertz CT molecular complexity index is 995. The molecule has 0 aromatic carbocycles. The lowest BCUT2D eigenvalue weighted by atomic mass is 9.93. The van der Waals surface area contributed by atoms with Crippen molar-refractivity contribution in [1.82, 2.24) is 29.9 Å². The molecule has 0 spiro atoms. The summed E-state index contributed by atoms with van der Waals surface area (Å²) in [4.78, 5) is 44.8. The van der Waals surface area contributed by atoms with Gasteiger partial charge in [0.1, 0.15) is 5.69 Å². The zero-order valence-corrected chi connectivity index (χ0v) is 18.7. The Kier molecular flexibility index (Phi) is 6.53. The van der Waals surface area contributed by atoms with Crippen LogP contribution in [0.15, 0.2) is 24.4 Å². The minimum absolute atomic E-state index is 0.0232. The van der Waals surface area contributed by atoms with Crippen molar-refractivity contribution in [2.75, 3.05) is 26.2 Å². The van der Waals surface area contributed by atoms with Gasteiger partial charge in [-0.05, 0) is 25.0 Å². The minimum Gasteiger partial charge on any atom is -0.350 e. The molecule has 0 atom stereocenters. The molecule has 1 N–H and O–H groups in total. The van der Waals surface area contributed by atoms with Crippen LogP contribution in [0.25, 0.3) is 0 Å². The molecule has 4 heterocycles. The molecule has 2 aromatic heterocycles. The van der Waals surface area contributed by atoms with Crippen LogP contribution in [0, 0.1) is 5.92 Å². The number of likely N-dealkylation sites (tertiary alicyclic amines) is 1. The quantitative estimate of drug-likeness (QED) is 0.749. The summed E-state index contributed by atoms with van der Waals surface area (Å²) < 4.78 is 1.90. The van der Waals surface area contributed by atoms with Gasteiger partial charge in [-0.3, -0.25) is 24.0 Å². The van der Waals surface area contributed by atoms with Crippen LogP contribution in [-0.2, 0) is 36.0 Å². The molecule has 0 saturated carbocycles. The SMILES string of the molecule is CC(=O)N1CCC(C(=O)N2CCc3c(c(CCNC(=O)c4ccccn4)nn3C)C2)CC1. The molecule has 0 aliphatic carbocycles. The first-order chi connectivity index (χ1) is 15.4. The predicted octanol–water partition coefficient (Wildman–Crippen LogP) is 0.931. The number of carbonyl (C=O) groups is 3. The molecule has 2 aliphatic heterocycles. The van der Waals surface area contributed by atoms with Crippen LogP contribution in [0.1, 0.15) is 47.2 Å². The molecule has 2 aromatic rings. The van der Waals surface area contributed by atoms with Gasteiger partial charge in [0.2, 0.25) is 11.8 Å². The van der Waals surface area contributed by atoms with Crippen LogP contribution in [0.2, 0.25) is 0 Å². The first kappa shape index (κ1) is 22.0. The van der Waals surface area contributed by atoms with Gasteiger partial charge in [-0.1, -0.05) is 6.07 Å². The van der Waals surface area contributed by atoms with Gasteiger partial charge in [-0.15, -0.1) is 0 Å². The van der Waals surface area contributed by atoms with Gasteiger partial charge in [0.15, 0.2) is 0 Å². The van der Waals surface area contributed by atoms with Gasteiger partial charge < -0.3 is 15.1 Å². The number of hydrogen-bond donors (Lipinski definition) is 1. The van der Waals surface area contributed by atoms with Crippen LogP contribution in [-0.4, -0.2) is 68.5 Å². The second-order valence-electron chi connectivity index (χ2n) is 8.51. The third-order valence-corrected chi connectivity index (χ3v) is 6.47. The average Bonchev–Trinajstić information content (AvgIpc) is 3.14. The number of amides is 3. The van der Waals surface area contributed by atoms with Crippen molar-refractivity contribution < 1.29 is 14.4 Å². The van der Waals surface area contributed by atoms with Crippen molar-refractivity contribution in [1.29, 1.82) is 0 Å². The lowest BCUT2D eigenvalue weighted by molar-refractivity contribution is -0.140. The van der Waals surface area contributed by atoms with Gasteiger partial charge in [0.05, 0.1) is 5.69 Å². The molecule has 0 unspecified atom stereocenters. The first-order valence-corrected chi connectivity index (χ1v) is 11.2. The lowest BCUT2D eigenvalue weighted by Gasteiger charge is -2.35. The molecule has 0 bridgehead atoms. The number of pyridine rings is 1. The number of rotatable bonds is 5. The predicted molar refractivity (Wildman–Crippen MR) is 118 cm³/mol. The van der Waals surface area contributed by atoms with E-state index in [1.807, 2.05) is 21.5 Å². The summed E-state index contributed by atoms with van der Waals surface area (Å²) in [6, 6.07) is 5.24. The van der Waals surface area contributed by atoms with E-state index in [0.717, 1.165) is 36.2 Å². The highest BCUT2D eigenvalue weighted by molar-refractivity contribution is 5.92. The number of aryl methyl sites for hydroxylation is 1. The molecule has 1 saturated heterocycles. The van der Waals surface area contributed by atoms with Crippen molar-refractivity contribution >= 4 is 17.7 Å². The fourth-order valence-corrected chi connectivity index (χ4v) is 4.64. The van der Waals surface area contributed by atoms with Gasteiger partial charge in [-0.2, -0.15) is 5.10 Å². The topological polar surface area (TPSA) is 100 Å². The number of carbonyl (C=O) groups excluding carboxylic acids is 3. The van der Waals surface area contributed by atoms with E-state index in [1.54, 1.807) is 31.3 Å². The number of nitrogens with one attached hydrogen (secondary N) is 1. The normalized spacial score (nSPS) is 16.6. The van der Waals surface area contributed by atoms with Crippen molar-refractivity contribution in [2.45, 2.75) is 39.2 Å². The van der Waals surface area contributed by atoms with E-state index in [-0.39, 0.29) is 23.6 Å². The smallest absolute Gasteiger partial charge is 0.269 e. The molecule has 1 fully saturated rings. The standard InChI is InChI=1S/C23H30N6O3/c1-16(30)28-12-7-17(8-13-28)23(32)29-14-9-21-18(15-29)19(26-27(21)2)6-11-25-22(31)20-5-3-4-10-24-20/h3-5,10,17H,6-9,11-15H2,1-2H3,(H,25,31). The van der Waals surface area contributed by atoms with E-state index in [1.165, 1.54) is 0 Å². The maximum Gasteiger partial charge on any atom is 0.269 e. The fourth-order valence-electron chi connectivity index (χ4n) is 4.64. The fraction of sp³-hybridized carbons (Fsp3) is 0.522. The summed E-state index contributed by atoms with van der Waals surface area (Å²) in [6.45, 7) is 4.58. The molecule has 9 nitrogen and oxygen atoms in total. The Labute approximate surface area is 187 Å². The summed E-state index contributed by atoms with van der Waals surface area (Å²) in [5.41, 5.74) is 3.57. The van der Waals surface area contributed by atoms with Gasteiger partial charge in [0, 0.05) is 82.9 Å². The van der Waals surface area contributed by atoms with E-state index >= 15 is 0 Å². The zero-order chi connectivity index (χ0) is 22.7. The highest BCUT2D eigenvalue weighted by atomic mass is 16.2. The Balaban J connectivity index is 1.36. The number of piperidine rings is 1. The molecule has 3 amide bonds. The Morgan fingerprint density at radius 2 is 1.91 bits per heavy atom. The van der Waals surface area contributed by atoms with Crippen LogP contribution in [0.3, 0.4) is 0 Å². The third kappa shape index (κ3) is 4.66. The van der Waals surface area contributed by atoms with Crippen molar-refractivity contribution in [3.8, 4) is 0 Å². The molecular weight excluding hydrogens is 408 g/mol. The van der Waals surface area contributed by atoms with E-state index in [4.69, 9.17) is 0 Å². The number of hydrogen-bond acceptors (Lipinski definition) is 5. The lowest BCUT2D eigenvalue weighted by Crippen LogP contribution is -2.45. The maximum absolute atomic E-state index is 13.1. The minimum atomic E-state index is -0.205. The van der Waals surface area contributed by atoms with Crippen molar-refractivity contribution in [3.63, 3.8) is 0 Å². The summed E-state index contributed by atoms with van der Waals surface area (Å²) in [7, 11) is 1.93. The molecule has 2 aliphatic rings. The largest absolute Gasteiger partial charge is 0.350 e. The van der Waals surface area contributed by atoms with Gasteiger partial charge in [0.25, 0.3) is 5.91 Å². The highest BCUT2D eigenvalue weighted by Gasteiger charge is 2.32. The molecule has 9 heteroatoms. The summed E-state index contributed by atoms with van der Waals surface area (Å²) in [6.07, 6.45) is 4.42. The summed E-state index contributed by atoms with van der Waals surface area (Å²) >= 11 is 0. The molecular formula is C23H30N6O3. The van der Waals surface area contributed by atoms with Gasteiger partial charge >= 0.3 is 0 Å². The van der Waals surface area contributed by atoms with E-state index in [2.05, 4.69) is 15.4 Å². The van der Waals surface area contributed by atoms with Crippen LogP contribution < -0.4 is 5.32 Å². The Hall–Kier alpha value is -3.23. The average molecular weight is 439 g/mol. The van der Waals surface area contributed by atoms with Gasteiger partial charge in [-0.25, -0.2) is 0 Å². The number of fused-ring (bicyclic) bond motifs is 1. The second-order valence-corrected chi connectivity index (χ2v) is 8.51. The monoisotopic (exact) mass is 438 g/mol. The number of aromatic nitrogens is 3. The van der Waals surface area contributed by atoms with Crippen molar-refractivity contribution in [3.05, 3.63) is 47.0 Å². The Morgan fingerprint density at radius 1 is 1.12 bits per heavy atom. The highest BCUT2D eigenvalue weighted by Crippen LogP contribution is 2.26. The first-order valence-electron chi connectivity index (χ1n) is 11.2. The van der Waals surface area contributed by atoms with E-state index in [0.29, 0.717) is 44.8 Å². The third-order valence-electron chi connectivity index (χ3n) is 6.47. The summed E-state index contributed by atoms with van der Waals surface area (Å²) in [5.74, 6) is 0.0276. The zero-order valence-electron chi connectivity index (χ0n) is 18.7. The number of nitrogens with zero attached hydrogens (tertiary/aromatic N) is 5. The van der Waals surface area contributed by atoms with Crippen LogP contribution in [0.5, 0.6) is 0 Å². The maximum atomic E-state index is 13.1. The molecule has 4 rings (SSSR count). The van der Waals surface area contributed by atoms with Crippen molar-refractivity contribution in [2.24, 2.45) is 13.0 Å². The van der Waals surface area contributed by atoms with Crippen LogP contribution in [0.4, 0.5) is 0 Å². The molecule has 32 heavy (non-hydrogen) atoms. The van der Waals surface area contributed by atoms with E-state index < -0.39 is 0 Å². The second kappa shape index (κ2) is 9.50. The Morgan fingerprint density at radius 3 is 2.59 bits per heavy atom. The van der Waals surface area contributed by atoms with E-state index in [9.17, 15) is 14.4 Å². The molecule has 0 radical (unpaired) electrons. The molecule has 170 valence electrons.